The van der Waals surface area contributed by atoms with E-state index in [2.05, 4.69) is 81.1 Å². The average Bonchev–Trinajstić information content (AvgIpc) is 2.97. The molecule has 2 aromatic rings. The highest BCUT2D eigenvalue weighted by Gasteiger charge is 2.62. The Balaban J connectivity index is 2.21. The van der Waals surface area contributed by atoms with E-state index >= 15 is 0 Å². The second-order valence-electron chi connectivity index (χ2n) is 10.1. The van der Waals surface area contributed by atoms with Gasteiger partial charge in [0.2, 0.25) is 0 Å². The third kappa shape index (κ3) is 2.11. The molecule has 0 radical (unpaired) electrons. The fraction of sp³-hybridized carbons (Fsp3) is 0.571. The fourth-order valence-electron chi connectivity index (χ4n) is 7.08. The lowest BCUT2D eigenvalue weighted by Gasteiger charge is -2.38. The van der Waals surface area contributed by atoms with E-state index in [1.165, 1.54) is 57.0 Å². The topological polar surface area (TPSA) is 3.24 Å². The van der Waals surface area contributed by atoms with E-state index < -0.39 is 0 Å². The Morgan fingerprint density at radius 2 is 0.966 bits per heavy atom. The van der Waals surface area contributed by atoms with Crippen LogP contribution in [0.4, 0.5) is 0 Å². The van der Waals surface area contributed by atoms with E-state index in [4.69, 9.17) is 0 Å². The molecule has 0 unspecified atom stereocenters. The average molecular weight is 390 g/mol. The third-order valence-electron chi connectivity index (χ3n) is 9.25. The van der Waals surface area contributed by atoms with Crippen molar-refractivity contribution in [1.82, 2.24) is 4.90 Å². The second kappa shape index (κ2) is 6.20. The summed E-state index contributed by atoms with van der Waals surface area (Å²) >= 11 is 0. The number of nitrogens with zero attached hydrogens (tertiary/aromatic N) is 1. The molecule has 0 N–H and O–H groups in total. The molecule has 0 saturated heterocycles. The van der Waals surface area contributed by atoms with Crippen LogP contribution in [0.5, 0.6) is 0 Å². The maximum absolute atomic E-state index is 2.84. The van der Waals surface area contributed by atoms with Crippen molar-refractivity contribution in [3.8, 4) is 0 Å². The summed E-state index contributed by atoms with van der Waals surface area (Å²) in [5, 5.41) is 3.03. The van der Waals surface area contributed by atoms with E-state index in [0.29, 0.717) is 0 Å². The number of hydrogen-bond donors (Lipinski definition) is 0. The van der Waals surface area contributed by atoms with Crippen molar-refractivity contribution in [2.75, 3.05) is 6.54 Å². The molecule has 2 bridgehead atoms. The van der Waals surface area contributed by atoms with Crippen molar-refractivity contribution >= 4 is 10.8 Å². The first-order chi connectivity index (χ1) is 13.5. The molecule has 1 nitrogen and oxygen atoms in total. The first-order valence-corrected chi connectivity index (χ1v) is 11.5. The zero-order valence-electron chi connectivity index (χ0n) is 20.6. The van der Waals surface area contributed by atoms with Gasteiger partial charge in [-0.1, -0.05) is 13.3 Å². The highest BCUT2D eigenvalue weighted by molar-refractivity contribution is 5.99. The van der Waals surface area contributed by atoms with Gasteiger partial charge in [-0.15, -0.1) is 0 Å². The smallest absolute Gasteiger partial charge is 0.0663 e. The van der Waals surface area contributed by atoms with Crippen LogP contribution in [0, 0.1) is 41.5 Å². The zero-order chi connectivity index (χ0) is 21.6. The minimum atomic E-state index is 0.0194. The van der Waals surface area contributed by atoms with Gasteiger partial charge in [-0.05, 0) is 142 Å². The highest BCUT2D eigenvalue weighted by atomic mass is 15.3. The Kier molecular flexibility index (Phi) is 4.42. The van der Waals surface area contributed by atoms with Gasteiger partial charge in [-0.3, -0.25) is 4.90 Å². The van der Waals surface area contributed by atoms with Crippen LogP contribution in [0.3, 0.4) is 0 Å². The molecule has 0 aliphatic carbocycles. The van der Waals surface area contributed by atoms with Crippen molar-refractivity contribution in [2.24, 2.45) is 0 Å². The lowest BCUT2D eigenvalue weighted by molar-refractivity contribution is 0.0886. The van der Waals surface area contributed by atoms with Gasteiger partial charge in [0, 0.05) is 6.54 Å². The van der Waals surface area contributed by atoms with Gasteiger partial charge in [0.1, 0.15) is 0 Å². The predicted octanol–water partition coefficient (Wildman–Crippen LogP) is 7.59. The molecule has 2 heterocycles. The molecule has 0 aromatic heterocycles. The summed E-state index contributed by atoms with van der Waals surface area (Å²) in [4.78, 5) is 2.84. The van der Waals surface area contributed by atoms with Gasteiger partial charge >= 0.3 is 0 Å². The Morgan fingerprint density at radius 1 is 0.586 bits per heavy atom. The molecule has 0 fully saturated rings. The molecule has 0 saturated carbocycles. The first kappa shape index (κ1) is 20.7. The summed E-state index contributed by atoms with van der Waals surface area (Å²) in [7, 11) is 0. The number of rotatable bonds is 3. The van der Waals surface area contributed by atoms with Gasteiger partial charge < -0.3 is 0 Å². The van der Waals surface area contributed by atoms with Gasteiger partial charge in [-0.25, -0.2) is 0 Å². The SMILES string of the molecule is CCCCN1[C@]2(C)C(C)=C(C)[C@]1(C)c1c2c(C)c2c(C)c(C)c(C)c(C)c2c1C. The molecule has 2 aliphatic heterocycles. The summed E-state index contributed by atoms with van der Waals surface area (Å²) in [6.45, 7) is 27.3. The molecule has 2 aromatic carbocycles. The minimum Gasteiger partial charge on any atom is -0.277 e. The molecule has 29 heavy (non-hydrogen) atoms. The molecule has 1 heteroatoms. The van der Waals surface area contributed by atoms with E-state index in [0.717, 1.165) is 6.54 Å². The fourth-order valence-corrected chi connectivity index (χ4v) is 7.08. The van der Waals surface area contributed by atoms with Crippen molar-refractivity contribution in [3.05, 3.63) is 55.7 Å². The monoisotopic (exact) mass is 389 g/mol. The molecule has 2 aliphatic rings. The van der Waals surface area contributed by atoms with Gasteiger partial charge in [-0.2, -0.15) is 0 Å². The van der Waals surface area contributed by atoms with Gasteiger partial charge in [0.25, 0.3) is 0 Å². The highest BCUT2D eigenvalue weighted by Crippen LogP contribution is 2.65. The Bertz CT molecular complexity index is 1020. The summed E-state index contributed by atoms with van der Waals surface area (Å²) in [5.74, 6) is 0. The van der Waals surface area contributed by atoms with Crippen LogP contribution in [0.15, 0.2) is 11.1 Å². The maximum atomic E-state index is 2.84. The molecule has 0 spiro atoms. The number of fused-ring (bicyclic) bond motifs is 6. The zero-order valence-corrected chi connectivity index (χ0v) is 20.6. The second-order valence-corrected chi connectivity index (χ2v) is 10.1. The third-order valence-corrected chi connectivity index (χ3v) is 9.25. The van der Waals surface area contributed by atoms with E-state index in [1.807, 2.05) is 0 Å². The summed E-state index contributed by atoms with van der Waals surface area (Å²) in [6, 6.07) is 0. The van der Waals surface area contributed by atoms with Gasteiger partial charge in [0.05, 0.1) is 11.1 Å². The number of aryl methyl sites for hydroxylation is 4. The minimum absolute atomic E-state index is 0.0194. The van der Waals surface area contributed by atoms with Crippen LogP contribution in [-0.4, -0.2) is 11.4 Å². The van der Waals surface area contributed by atoms with Crippen molar-refractivity contribution < 1.29 is 0 Å². The van der Waals surface area contributed by atoms with Crippen molar-refractivity contribution in [3.63, 3.8) is 0 Å². The normalized spacial score (nSPS) is 26.2. The quantitative estimate of drug-likeness (QED) is 0.489. The van der Waals surface area contributed by atoms with E-state index in [-0.39, 0.29) is 11.1 Å². The molecule has 2 atom stereocenters. The van der Waals surface area contributed by atoms with E-state index in [1.54, 1.807) is 22.3 Å². The molecular weight excluding hydrogens is 350 g/mol. The predicted molar refractivity (Wildman–Crippen MR) is 127 cm³/mol. The van der Waals surface area contributed by atoms with Crippen molar-refractivity contribution in [1.29, 1.82) is 0 Å². The molecule has 156 valence electrons. The number of hydrogen-bond acceptors (Lipinski definition) is 1. The van der Waals surface area contributed by atoms with Crippen LogP contribution in [-0.2, 0) is 11.1 Å². The molecule has 4 rings (SSSR count). The number of benzene rings is 2. The molecule has 0 amide bonds. The van der Waals surface area contributed by atoms with Crippen molar-refractivity contribution in [2.45, 2.75) is 100 Å². The lowest BCUT2D eigenvalue weighted by atomic mass is 9.69. The lowest BCUT2D eigenvalue weighted by Crippen LogP contribution is -2.44. The first-order valence-electron chi connectivity index (χ1n) is 11.5. The Labute approximate surface area is 178 Å². The van der Waals surface area contributed by atoms with Crippen LogP contribution in [0.25, 0.3) is 10.8 Å². The van der Waals surface area contributed by atoms with Crippen LogP contribution in [0.2, 0.25) is 0 Å². The van der Waals surface area contributed by atoms with Crippen LogP contribution in [0.1, 0.15) is 92.0 Å². The van der Waals surface area contributed by atoms with Crippen LogP contribution < -0.4 is 0 Å². The maximum Gasteiger partial charge on any atom is 0.0663 e. The van der Waals surface area contributed by atoms with Crippen LogP contribution >= 0.6 is 0 Å². The largest absolute Gasteiger partial charge is 0.277 e. The molecular formula is C28H39N. The standard InChI is InChI=1S/C28H39N/c1-12-13-14-29-27(10)21(8)22(9)28(29,11)26-20(7)24-18(5)16(3)15(2)17(4)23(24)19(6)25(26)27/h12-14H2,1-11H3/t27-,28-/m1/s1. The summed E-state index contributed by atoms with van der Waals surface area (Å²) in [5.41, 5.74) is 15.3. The summed E-state index contributed by atoms with van der Waals surface area (Å²) < 4.78 is 0. The van der Waals surface area contributed by atoms with E-state index in [9.17, 15) is 0 Å². The Morgan fingerprint density at radius 3 is 1.31 bits per heavy atom. The number of unbranched alkanes of at least 4 members (excludes halogenated alkanes) is 1. The Hall–Kier alpha value is -1.60. The summed E-state index contributed by atoms with van der Waals surface area (Å²) in [6.07, 6.45) is 2.50. The van der Waals surface area contributed by atoms with Gasteiger partial charge in [0.15, 0.2) is 0 Å².